The van der Waals surface area contributed by atoms with Crippen LogP contribution in [0.4, 0.5) is 0 Å². The zero-order valence-electron chi connectivity index (χ0n) is 10.4. The maximum absolute atomic E-state index is 12.3. The van der Waals surface area contributed by atoms with Gasteiger partial charge < -0.3 is 9.72 Å². The Morgan fingerprint density at radius 2 is 2.00 bits per heavy atom. The molecule has 0 aliphatic carbocycles. The molecule has 0 saturated carbocycles. The van der Waals surface area contributed by atoms with E-state index in [2.05, 4.69) is 4.98 Å². The van der Waals surface area contributed by atoms with Crippen LogP contribution in [0, 0.1) is 20.8 Å². The lowest BCUT2D eigenvalue weighted by Crippen LogP contribution is -2.01. The number of ketones is 1. The van der Waals surface area contributed by atoms with Crippen LogP contribution in [0.15, 0.2) is 11.4 Å². The summed E-state index contributed by atoms with van der Waals surface area (Å²) < 4.78 is 5.09. The molecule has 4 heteroatoms. The maximum atomic E-state index is 12.3. The lowest BCUT2D eigenvalue weighted by atomic mass is 10.1. The van der Waals surface area contributed by atoms with Gasteiger partial charge >= 0.3 is 0 Å². The quantitative estimate of drug-likeness (QED) is 0.848. The molecule has 0 unspecified atom stereocenters. The van der Waals surface area contributed by atoms with Gasteiger partial charge in [-0.15, -0.1) is 11.3 Å². The van der Waals surface area contributed by atoms with E-state index in [1.54, 1.807) is 13.2 Å². The lowest BCUT2D eigenvalue weighted by molar-refractivity contribution is 0.103. The van der Waals surface area contributed by atoms with Gasteiger partial charge in [0.2, 0.25) is 5.78 Å². The second-order valence-corrected chi connectivity index (χ2v) is 4.97. The molecule has 3 nitrogen and oxygen atoms in total. The average Bonchev–Trinajstić information content (AvgIpc) is 2.89. The van der Waals surface area contributed by atoms with Crippen LogP contribution in [-0.4, -0.2) is 17.9 Å². The maximum Gasteiger partial charge on any atom is 0.219 e. The molecular weight excluding hydrogens is 234 g/mol. The molecule has 2 aromatic heterocycles. The van der Waals surface area contributed by atoms with Crippen LogP contribution in [0.5, 0.6) is 5.75 Å². The number of carbonyl (C=O) groups excluding carboxylic acids is 1. The summed E-state index contributed by atoms with van der Waals surface area (Å²) in [6, 6.07) is 1.78. The Kier molecular flexibility index (Phi) is 3.07. The number of aromatic nitrogens is 1. The van der Waals surface area contributed by atoms with Gasteiger partial charge in [-0.1, -0.05) is 0 Å². The standard InChI is InChI=1S/C13H15NO2S/c1-7-8(2)12(14-9(7)3)13(15)11-5-10(16-4)6-17-11/h5-6,14H,1-4H3. The van der Waals surface area contributed by atoms with E-state index in [0.717, 1.165) is 22.6 Å². The third-order valence-electron chi connectivity index (χ3n) is 3.07. The van der Waals surface area contributed by atoms with Crippen LogP contribution in [0.2, 0.25) is 0 Å². The highest BCUT2D eigenvalue weighted by Crippen LogP contribution is 2.26. The molecule has 0 bridgehead atoms. The average molecular weight is 249 g/mol. The molecule has 1 N–H and O–H groups in total. The van der Waals surface area contributed by atoms with E-state index in [4.69, 9.17) is 4.74 Å². The molecule has 0 aliphatic rings. The molecule has 2 rings (SSSR count). The van der Waals surface area contributed by atoms with Crippen molar-refractivity contribution in [2.45, 2.75) is 20.8 Å². The first-order valence-corrected chi connectivity index (χ1v) is 6.25. The second-order valence-electron chi connectivity index (χ2n) is 4.05. The van der Waals surface area contributed by atoms with E-state index in [1.807, 2.05) is 26.2 Å². The minimum atomic E-state index is 0.0343. The number of hydrogen-bond donors (Lipinski definition) is 1. The Hall–Kier alpha value is -1.55. The smallest absolute Gasteiger partial charge is 0.219 e. The normalized spacial score (nSPS) is 10.6. The molecule has 0 aliphatic heterocycles. The predicted molar refractivity (Wildman–Crippen MR) is 69.3 cm³/mol. The third-order valence-corrected chi connectivity index (χ3v) is 3.98. The molecule has 0 amide bonds. The van der Waals surface area contributed by atoms with Crippen LogP contribution >= 0.6 is 11.3 Å². The predicted octanol–water partition coefficient (Wildman–Crippen LogP) is 3.24. The van der Waals surface area contributed by atoms with Gasteiger partial charge in [0.1, 0.15) is 5.75 Å². The first-order valence-electron chi connectivity index (χ1n) is 5.37. The number of aryl methyl sites for hydroxylation is 1. The zero-order valence-corrected chi connectivity index (χ0v) is 11.2. The lowest BCUT2D eigenvalue weighted by Gasteiger charge is -1.97. The van der Waals surface area contributed by atoms with Gasteiger partial charge in [0.05, 0.1) is 17.7 Å². The van der Waals surface area contributed by atoms with Crippen molar-refractivity contribution in [3.63, 3.8) is 0 Å². The van der Waals surface area contributed by atoms with Crippen molar-refractivity contribution >= 4 is 17.1 Å². The van der Waals surface area contributed by atoms with Crippen molar-refractivity contribution in [1.82, 2.24) is 4.98 Å². The van der Waals surface area contributed by atoms with Crippen LogP contribution < -0.4 is 4.74 Å². The molecule has 0 radical (unpaired) electrons. The van der Waals surface area contributed by atoms with Gasteiger partial charge in [0.15, 0.2) is 0 Å². The molecule has 0 fully saturated rings. The Labute approximate surface area is 104 Å². The fraction of sp³-hybridized carbons (Fsp3) is 0.308. The van der Waals surface area contributed by atoms with Gasteiger partial charge in [0.25, 0.3) is 0 Å². The SMILES string of the molecule is COc1csc(C(=O)c2[nH]c(C)c(C)c2C)c1. The first kappa shape index (κ1) is 11.9. The van der Waals surface area contributed by atoms with Crippen LogP contribution in [0.3, 0.4) is 0 Å². The first-order chi connectivity index (χ1) is 8.04. The van der Waals surface area contributed by atoms with Gasteiger partial charge in [-0.05, 0) is 31.9 Å². The number of ether oxygens (including phenoxy) is 1. The van der Waals surface area contributed by atoms with E-state index in [-0.39, 0.29) is 5.78 Å². The minimum absolute atomic E-state index is 0.0343. The second kappa shape index (κ2) is 4.37. The summed E-state index contributed by atoms with van der Waals surface area (Å²) in [5.74, 6) is 0.767. The molecule has 0 saturated heterocycles. The summed E-state index contributed by atoms with van der Waals surface area (Å²) in [7, 11) is 1.60. The number of hydrogen-bond acceptors (Lipinski definition) is 3. The van der Waals surface area contributed by atoms with Crippen LogP contribution in [0.1, 0.15) is 32.2 Å². The number of methoxy groups -OCH3 is 1. The topological polar surface area (TPSA) is 42.1 Å². The molecule has 17 heavy (non-hydrogen) atoms. The van der Waals surface area contributed by atoms with Crippen molar-refractivity contribution in [2.75, 3.05) is 7.11 Å². The molecule has 0 spiro atoms. The summed E-state index contributed by atoms with van der Waals surface area (Å²) in [4.78, 5) is 16.1. The van der Waals surface area contributed by atoms with E-state index >= 15 is 0 Å². The zero-order chi connectivity index (χ0) is 12.6. The highest BCUT2D eigenvalue weighted by atomic mass is 32.1. The Balaban J connectivity index is 2.40. The van der Waals surface area contributed by atoms with Crippen LogP contribution in [-0.2, 0) is 0 Å². The van der Waals surface area contributed by atoms with Crippen LogP contribution in [0.25, 0.3) is 0 Å². The van der Waals surface area contributed by atoms with E-state index < -0.39 is 0 Å². The molecule has 0 aromatic carbocycles. The van der Waals surface area contributed by atoms with E-state index in [1.165, 1.54) is 11.3 Å². The Morgan fingerprint density at radius 1 is 1.29 bits per heavy atom. The van der Waals surface area contributed by atoms with Crippen molar-refractivity contribution < 1.29 is 9.53 Å². The van der Waals surface area contributed by atoms with Crippen molar-refractivity contribution in [1.29, 1.82) is 0 Å². The minimum Gasteiger partial charge on any atom is -0.496 e. The molecule has 0 atom stereocenters. The molecule has 90 valence electrons. The summed E-state index contributed by atoms with van der Waals surface area (Å²) in [5, 5.41) is 1.84. The fourth-order valence-electron chi connectivity index (χ4n) is 1.74. The number of aromatic amines is 1. The van der Waals surface area contributed by atoms with Gasteiger partial charge in [-0.2, -0.15) is 0 Å². The summed E-state index contributed by atoms with van der Waals surface area (Å²) in [6.07, 6.45) is 0. The van der Waals surface area contributed by atoms with E-state index in [9.17, 15) is 4.79 Å². The fourth-order valence-corrected chi connectivity index (χ4v) is 2.54. The molecule has 2 aromatic rings. The third kappa shape index (κ3) is 2.00. The Bertz CT molecular complexity index is 566. The van der Waals surface area contributed by atoms with Gasteiger partial charge in [-0.3, -0.25) is 4.79 Å². The van der Waals surface area contributed by atoms with Crippen molar-refractivity contribution in [2.24, 2.45) is 0 Å². The summed E-state index contributed by atoms with van der Waals surface area (Å²) >= 11 is 1.41. The van der Waals surface area contributed by atoms with E-state index in [0.29, 0.717) is 10.6 Å². The van der Waals surface area contributed by atoms with Gasteiger partial charge in [-0.25, -0.2) is 0 Å². The monoisotopic (exact) mass is 249 g/mol. The van der Waals surface area contributed by atoms with Gasteiger partial charge in [0, 0.05) is 17.1 Å². The summed E-state index contributed by atoms with van der Waals surface area (Å²) in [6.45, 7) is 5.97. The highest BCUT2D eigenvalue weighted by Gasteiger charge is 2.18. The number of carbonyl (C=O) groups is 1. The van der Waals surface area contributed by atoms with Crippen molar-refractivity contribution in [3.05, 3.63) is 38.8 Å². The number of thiophene rings is 1. The Morgan fingerprint density at radius 3 is 2.47 bits per heavy atom. The van der Waals surface area contributed by atoms with Crippen molar-refractivity contribution in [3.8, 4) is 5.75 Å². The highest BCUT2D eigenvalue weighted by molar-refractivity contribution is 7.12. The molecular formula is C13H15NO2S. The number of nitrogens with one attached hydrogen (secondary N) is 1. The number of H-pyrrole nitrogens is 1. The largest absolute Gasteiger partial charge is 0.496 e. The summed E-state index contributed by atoms with van der Waals surface area (Å²) in [5.41, 5.74) is 3.91. The molecule has 2 heterocycles. The number of rotatable bonds is 3.